The van der Waals surface area contributed by atoms with E-state index in [4.69, 9.17) is 32.4 Å². The van der Waals surface area contributed by atoms with E-state index in [1.165, 1.54) is 78.3 Å². The van der Waals surface area contributed by atoms with E-state index in [9.17, 15) is 9.59 Å². The summed E-state index contributed by atoms with van der Waals surface area (Å²) in [5.74, 6) is -0.511. The van der Waals surface area contributed by atoms with Crippen LogP contribution in [0, 0.1) is 0 Å². The molecule has 7 rings (SSSR count). The number of unbranched alkanes of at least 4 members (excludes halogenated alkanes) is 8. The minimum absolute atomic E-state index is 0.0657. The summed E-state index contributed by atoms with van der Waals surface area (Å²) in [5, 5.41) is 0. The Morgan fingerprint density at radius 2 is 0.966 bits per heavy atom. The summed E-state index contributed by atoms with van der Waals surface area (Å²) in [6, 6.07) is 38.6. The number of esters is 2. The van der Waals surface area contributed by atoms with Crippen LogP contribution in [0.2, 0.25) is 0 Å². The minimum Gasteiger partial charge on any atom is -0.462 e. The van der Waals surface area contributed by atoms with E-state index in [-0.39, 0.29) is 23.6 Å². The number of anilines is 4. The van der Waals surface area contributed by atoms with Crippen molar-refractivity contribution in [2.24, 2.45) is 0 Å². The summed E-state index contributed by atoms with van der Waals surface area (Å²) in [5.41, 5.74) is 33.4. The molecule has 0 radical (unpaired) electrons. The lowest BCUT2D eigenvalue weighted by atomic mass is 9.67. The highest BCUT2D eigenvalue weighted by Crippen LogP contribution is 2.56. The molecule has 2 aliphatic rings. The Balaban J connectivity index is 0.000000197. The molecular weight excluding hydrogens is 721 g/mol. The quantitative estimate of drug-likeness (QED) is 0.0456. The predicted molar refractivity (Wildman–Crippen MR) is 237 cm³/mol. The molecule has 0 saturated heterocycles. The summed E-state index contributed by atoms with van der Waals surface area (Å²) in [6.45, 7) is 2.24. The van der Waals surface area contributed by atoms with Gasteiger partial charge < -0.3 is 32.4 Å². The Labute approximate surface area is 344 Å². The first kappa shape index (κ1) is 41.9. The van der Waals surface area contributed by atoms with Gasteiger partial charge in [0.2, 0.25) is 0 Å². The molecule has 1 fully saturated rings. The van der Waals surface area contributed by atoms with Crippen molar-refractivity contribution in [2.45, 2.75) is 114 Å². The molecule has 5 aromatic rings. The van der Waals surface area contributed by atoms with E-state index in [1.807, 2.05) is 24.3 Å². The minimum atomic E-state index is -0.412. The zero-order chi connectivity index (χ0) is 40.9. The van der Waals surface area contributed by atoms with Crippen molar-refractivity contribution in [3.63, 3.8) is 0 Å². The van der Waals surface area contributed by atoms with Crippen molar-refractivity contribution in [1.29, 1.82) is 0 Å². The lowest BCUT2D eigenvalue weighted by Gasteiger charge is -2.34. The molecule has 0 aliphatic heterocycles. The first-order chi connectivity index (χ1) is 28.2. The lowest BCUT2D eigenvalue weighted by Crippen LogP contribution is -2.29. The van der Waals surface area contributed by atoms with Gasteiger partial charge in [0.05, 0.1) is 11.0 Å². The molecular formula is C50H60N4O4. The number of carbonyl (C=O) groups excluding carboxylic acids is 2. The molecule has 0 spiro atoms. The lowest BCUT2D eigenvalue weighted by molar-refractivity contribution is -0.151. The number of benzene rings is 5. The fourth-order valence-electron chi connectivity index (χ4n) is 8.60. The Morgan fingerprint density at radius 1 is 0.534 bits per heavy atom. The standard InChI is InChI=1S/C25H40N2O4.C25H20N2/c1-2-3-4-5-6-7-8-9-10-11-24(28)30-22-12-14-23(15-13-22)31-25(29)19-16-20(26)18-21(27)17-19;26-19-13-9-17(10-14-19)25(18-11-15-20(27)16-12-18)23-7-3-1-5-21(23)22-6-2-4-8-24(22)25/h16-18,22-23H,2-15,26-27H2,1H3;1-16H,26-27H2. The highest BCUT2D eigenvalue weighted by molar-refractivity contribution is 5.92. The molecule has 0 amide bonds. The second kappa shape index (κ2) is 20.1. The van der Waals surface area contributed by atoms with Crippen LogP contribution in [0.5, 0.6) is 0 Å². The molecule has 0 aromatic heterocycles. The molecule has 5 aromatic carbocycles. The van der Waals surface area contributed by atoms with E-state index in [0.29, 0.717) is 36.2 Å². The first-order valence-corrected chi connectivity index (χ1v) is 21.2. The Kier molecular flexibility index (Phi) is 14.5. The molecule has 0 bridgehead atoms. The number of nitrogens with two attached hydrogens (primary N) is 4. The van der Waals surface area contributed by atoms with E-state index in [2.05, 4.69) is 79.7 Å². The van der Waals surface area contributed by atoms with Crippen LogP contribution in [0.1, 0.15) is 129 Å². The third-order valence-electron chi connectivity index (χ3n) is 11.5. The van der Waals surface area contributed by atoms with Crippen LogP contribution in [0.15, 0.2) is 115 Å². The molecule has 0 atom stereocenters. The topological polar surface area (TPSA) is 157 Å². The van der Waals surface area contributed by atoms with Crippen molar-refractivity contribution in [2.75, 3.05) is 22.9 Å². The van der Waals surface area contributed by atoms with E-state index in [0.717, 1.165) is 37.1 Å². The van der Waals surface area contributed by atoms with Crippen LogP contribution in [0.25, 0.3) is 11.1 Å². The number of nitrogen functional groups attached to an aromatic ring is 4. The van der Waals surface area contributed by atoms with Gasteiger partial charge in [-0.15, -0.1) is 0 Å². The van der Waals surface area contributed by atoms with Gasteiger partial charge in [0.15, 0.2) is 0 Å². The van der Waals surface area contributed by atoms with E-state index >= 15 is 0 Å². The second-order valence-corrected chi connectivity index (χ2v) is 15.8. The molecule has 58 heavy (non-hydrogen) atoms. The molecule has 0 heterocycles. The van der Waals surface area contributed by atoms with Crippen LogP contribution < -0.4 is 22.9 Å². The number of ether oxygens (including phenoxy) is 2. The maximum absolute atomic E-state index is 12.3. The molecule has 8 N–H and O–H groups in total. The van der Waals surface area contributed by atoms with Crippen molar-refractivity contribution in [3.8, 4) is 11.1 Å². The van der Waals surface area contributed by atoms with Gasteiger partial charge in [-0.05, 0) is 108 Å². The number of hydrogen-bond donors (Lipinski definition) is 4. The van der Waals surface area contributed by atoms with Crippen LogP contribution >= 0.6 is 0 Å². The van der Waals surface area contributed by atoms with Crippen molar-refractivity contribution in [3.05, 3.63) is 143 Å². The molecule has 8 heteroatoms. The van der Waals surface area contributed by atoms with Crippen LogP contribution in [0.3, 0.4) is 0 Å². The molecule has 304 valence electrons. The molecule has 2 aliphatic carbocycles. The Bertz CT molecular complexity index is 1990. The second-order valence-electron chi connectivity index (χ2n) is 15.8. The first-order valence-electron chi connectivity index (χ1n) is 21.2. The number of rotatable bonds is 15. The number of carbonyl (C=O) groups is 2. The maximum Gasteiger partial charge on any atom is 0.338 e. The third-order valence-corrected chi connectivity index (χ3v) is 11.5. The average Bonchev–Trinajstić information content (AvgIpc) is 3.52. The summed E-state index contributed by atoms with van der Waals surface area (Å²) >= 11 is 0. The highest BCUT2D eigenvalue weighted by Gasteiger charge is 2.45. The van der Waals surface area contributed by atoms with Gasteiger partial charge in [0.25, 0.3) is 0 Å². The fourth-order valence-corrected chi connectivity index (χ4v) is 8.60. The monoisotopic (exact) mass is 780 g/mol. The average molecular weight is 781 g/mol. The predicted octanol–water partition coefficient (Wildman–Crippen LogP) is 11.0. The van der Waals surface area contributed by atoms with Crippen molar-refractivity contribution >= 4 is 34.7 Å². The summed E-state index contributed by atoms with van der Waals surface area (Å²) in [6.07, 6.45) is 14.2. The Morgan fingerprint density at radius 3 is 1.45 bits per heavy atom. The molecule has 1 saturated carbocycles. The maximum atomic E-state index is 12.3. The van der Waals surface area contributed by atoms with Gasteiger partial charge >= 0.3 is 11.9 Å². The van der Waals surface area contributed by atoms with E-state index < -0.39 is 5.97 Å². The third kappa shape index (κ3) is 10.2. The largest absolute Gasteiger partial charge is 0.462 e. The summed E-state index contributed by atoms with van der Waals surface area (Å²) in [4.78, 5) is 24.4. The fraction of sp³-hybridized carbons (Fsp3) is 0.360. The SMILES string of the molecule is CCCCCCCCCCCC(=O)OC1CCC(OC(=O)c2cc(N)cc(N)c2)CC1.Nc1ccc(C2(c3ccc(N)cc3)c3ccccc3-c3ccccc32)cc1. The van der Waals surface area contributed by atoms with Crippen LogP contribution in [-0.2, 0) is 19.7 Å². The van der Waals surface area contributed by atoms with Gasteiger partial charge in [-0.3, -0.25) is 4.79 Å². The molecule has 8 nitrogen and oxygen atoms in total. The summed E-state index contributed by atoms with van der Waals surface area (Å²) < 4.78 is 11.2. The normalized spacial score (nSPS) is 16.3. The number of fused-ring (bicyclic) bond motifs is 3. The van der Waals surface area contributed by atoms with Gasteiger partial charge in [0.1, 0.15) is 12.2 Å². The van der Waals surface area contributed by atoms with Crippen LogP contribution in [-0.4, -0.2) is 24.1 Å². The van der Waals surface area contributed by atoms with E-state index in [1.54, 1.807) is 18.2 Å². The van der Waals surface area contributed by atoms with Gasteiger partial charge in [0, 0.05) is 29.2 Å². The summed E-state index contributed by atoms with van der Waals surface area (Å²) in [7, 11) is 0. The van der Waals surface area contributed by atoms with Gasteiger partial charge in [-0.25, -0.2) is 4.79 Å². The molecule has 0 unspecified atom stereocenters. The zero-order valence-corrected chi connectivity index (χ0v) is 34.0. The Hall–Kier alpha value is -5.76. The van der Waals surface area contributed by atoms with Gasteiger partial charge in [-0.2, -0.15) is 0 Å². The smallest absolute Gasteiger partial charge is 0.338 e. The van der Waals surface area contributed by atoms with Crippen molar-refractivity contribution < 1.29 is 19.1 Å². The zero-order valence-electron chi connectivity index (χ0n) is 34.0. The highest BCUT2D eigenvalue weighted by atomic mass is 16.6. The van der Waals surface area contributed by atoms with Gasteiger partial charge in [-0.1, -0.05) is 131 Å². The van der Waals surface area contributed by atoms with Crippen LogP contribution in [0.4, 0.5) is 22.7 Å². The van der Waals surface area contributed by atoms with Crippen molar-refractivity contribution in [1.82, 2.24) is 0 Å². The number of hydrogen-bond acceptors (Lipinski definition) is 8.